The van der Waals surface area contributed by atoms with Gasteiger partial charge in [-0.1, -0.05) is 38.3 Å². The normalized spacial score (nSPS) is 12.2. The summed E-state index contributed by atoms with van der Waals surface area (Å²) in [5, 5.41) is 23.6. The van der Waals surface area contributed by atoms with E-state index in [2.05, 4.69) is 5.32 Å². The van der Waals surface area contributed by atoms with E-state index in [0.29, 0.717) is 0 Å². The first-order valence-corrected chi connectivity index (χ1v) is 7.18. The molecule has 1 atom stereocenters. The van der Waals surface area contributed by atoms with Gasteiger partial charge < -0.3 is 10.4 Å². The number of rotatable bonds is 7. The zero-order valence-corrected chi connectivity index (χ0v) is 12.8. The third kappa shape index (κ3) is 4.68. The summed E-state index contributed by atoms with van der Waals surface area (Å²) in [6.45, 7) is 3.97. The number of carbonyl (C=O) groups excluding carboxylic acids is 1. The van der Waals surface area contributed by atoms with Crippen LogP contribution in [0, 0.1) is 16.0 Å². The van der Waals surface area contributed by atoms with Gasteiger partial charge in [0.1, 0.15) is 5.56 Å². The predicted octanol–water partition coefficient (Wildman–Crippen LogP) is 2.78. The van der Waals surface area contributed by atoms with Crippen LogP contribution in [0.2, 0.25) is 5.02 Å². The zero-order valence-electron chi connectivity index (χ0n) is 12.0. The molecule has 0 aliphatic carbocycles. The SMILES string of the molecule is CCC(CC)C(O)CNC(=O)c1cc(Cl)ccc1[N+](=O)[O-]. The molecule has 1 rings (SSSR count). The van der Waals surface area contributed by atoms with Crippen LogP contribution in [0.1, 0.15) is 37.0 Å². The van der Waals surface area contributed by atoms with E-state index >= 15 is 0 Å². The highest BCUT2D eigenvalue weighted by molar-refractivity contribution is 6.31. The Hall–Kier alpha value is -1.66. The molecule has 0 saturated carbocycles. The summed E-state index contributed by atoms with van der Waals surface area (Å²) in [5.41, 5.74) is -0.418. The molecular weight excluding hydrogens is 296 g/mol. The van der Waals surface area contributed by atoms with Gasteiger partial charge in [0.25, 0.3) is 11.6 Å². The topological polar surface area (TPSA) is 92.5 Å². The molecule has 6 nitrogen and oxygen atoms in total. The maximum atomic E-state index is 12.0. The molecule has 116 valence electrons. The number of aliphatic hydroxyl groups excluding tert-OH is 1. The fraction of sp³-hybridized carbons (Fsp3) is 0.500. The molecule has 1 amide bonds. The second-order valence-corrected chi connectivity index (χ2v) is 5.21. The minimum Gasteiger partial charge on any atom is -0.391 e. The van der Waals surface area contributed by atoms with Crippen molar-refractivity contribution in [3.05, 3.63) is 38.9 Å². The first-order valence-electron chi connectivity index (χ1n) is 6.80. The van der Waals surface area contributed by atoms with Crippen LogP contribution in [0.4, 0.5) is 5.69 Å². The van der Waals surface area contributed by atoms with Crippen LogP contribution in [0.5, 0.6) is 0 Å². The summed E-state index contributed by atoms with van der Waals surface area (Å²) in [6, 6.07) is 3.79. The molecule has 0 heterocycles. The molecule has 21 heavy (non-hydrogen) atoms. The number of benzene rings is 1. The number of aliphatic hydroxyl groups is 1. The van der Waals surface area contributed by atoms with E-state index in [9.17, 15) is 20.0 Å². The fourth-order valence-electron chi connectivity index (χ4n) is 2.14. The van der Waals surface area contributed by atoms with Gasteiger partial charge in [-0.25, -0.2) is 0 Å². The van der Waals surface area contributed by atoms with E-state index in [0.717, 1.165) is 12.8 Å². The van der Waals surface area contributed by atoms with Gasteiger partial charge in [0, 0.05) is 17.6 Å². The van der Waals surface area contributed by atoms with Crippen LogP contribution in [0.15, 0.2) is 18.2 Å². The first kappa shape index (κ1) is 17.4. The summed E-state index contributed by atoms with van der Waals surface area (Å²) < 4.78 is 0. The Morgan fingerprint density at radius 2 is 2.05 bits per heavy atom. The van der Waals surface area contributed by atoms with E-state index in [-0.39, 0.29) is 28.7 Å². The largest absolute Gasteiger partial charge is 0.391 e. The van der Waals surface area contributed by atoms with Crippen molar-refractivity contribution in [2.24, 2.45) is 5.92 Å². The molecule has 0 fully saturated rings. The highest BCUT2D eigenvalue weighted by Crippen LogP contribution is 2.22. The highest BCUT2D eigenvalue weighted by Gasteiger charge is 2.22. The van der Waals surface area contributed by atoms with Crippen molar-refractivity contribution >= 4 is 23.2 Å². The Bertz CT molecular complexity index is 518. The van der Waals surface area contributed by atoms with Crippen LogP contribution < -0.4 is 5.32 Å². The molecule has 2 N–H and O–H groups in total. The average molecular weight is 315 g/mol. The number of nitrogens with zero attached hydrogens (tertiary/aromatic N) is 1. The van der Waals surface area contributed by atoms with E-state index in [1.54, 1.807) is 0 Å². The highest BCUT2D eigenvalue weighted by atomic mass is 35.5. The Morgan fingerprint density at radius 3 is 2.57 bits per heavy atom. The van der Waals surface area contributed by atoms with Crippen LogP contribution in [0.25, 0.3) is 0 Å². The molecule has 1 aromatic carbocycles. The van der Waals surface area contributed by atoms with E-state index < -0.39 is 16.9 Å². The van der Waals surface area contributed by atoms with Gasteiger partial charge in [-0.3, -0.25) is 14.9 Å². The number of halogens is 1. The lowest BCUT2D eigenvalue weighted by Crippen LogP contribution is -2.36. The van der Waals surface area contributed by atoms with Crippen molar-refractivity contribution in [2.75, 3.05) is 6.54 Å². The van der Waals surface area contributed by atoms with E-state index in [1.165, 1.54) is 18.2 Å². The predicted molar refractivity (Wildman–Crippen MR) is 80.5 cm³/mol. The summed E-state index contributed by atoms with van der Waals surface area (Å²) in [5.74, 6) is -0.533. The molecular formula is C14H19ClN2O4. The van der Waals surface area contributed by atoms with E-state index in [1.807, 2.05) is 13.8 Å². The number of nitro groups is 1. The van der Waals surface area contributed by atoms with Gasteiger partial charge in [0.15, 0.2) is 0 Å². The molecule has 0 spiro atoms. The smallest absolute Gasteiger partial charge is 0.282 e. The Labute approximate surface area is 128 Å². The third-order valence-electron chi connectivity index (χ3n) is 3.46. The van der Waals surface area contributed by atoms with Crippen LogP contribution >= 0.6 is 11.6 Å². The second-order valence-electron chi connectivity index (χ2n) is 4.77. The minimum absolute atomic E-state index is 0.0504. The van der Waals surface area contributed by atoms with Crippen molar-refractivity contribution < 1.29 is 14.8 Å². The average Bonchev–Trinajstić information content (AvgIpc) is 2.45. The fourth-order valence-corrected chi connectivity index (χ4v) is 2.31. The number of hydrogen-bond donors (Lipinski definition) is 2. The quantitative estimate of drug-likeness (QED) is 0.598. The van der Waals surface area contributed by atoms with Crippen molar-refractivity contribution in [3.8, 4) is 0 Å². The maximum Gasteiger partial charge on any atom is 0.282 e. The van der Waals surface area contributed by atoms with Crippen molar-refractivity contribution in [1.29, 1.82) is 0 Å². The second kappa shape index (κ2) is 7.95. The Balaban J connectivity index is 2.80. The lowest BCUT2D eigenvalue weighted by atomic mass is 9.96. The van der Waals surface area contributed by atoms with E-state index in [4.69, 9.17) is 11.6 Å². The van der Waals surface area contributed by atoms with Gasteiger partial charge in [-0.15, -0.1) is 0 Å². The number of amides is 1. The number of nitrogens with one attached hydrogen (secondary N) is 1. The first-order chi connectivity index (χ1) is 9.90. The Kier molecular flexibility index (Phi) is 6.58. The maximum absolute atomic E-state index is 12.0. The molecule has 0 saturated heterocycles. The van der Waals surface area contributed by atoms with Crippen molar-refractivity contribution in [1.82, 2.24) is 5.32 Å². The summed E-state index contributed by atoms with van der Waals surface area (Å²) in [6.07, 6.45) is 0.914. The minimum atomic E-state index is -0.679. The number of carbonyl (C=O) groups is 1. The molecule has 0 aliphatic rings. The van der Waals surface area contributed by atoms with Gasteiger partial charge in [0.2, 0.25) is 0 Å². The standard InChI is InChI=1S/C14H19ClN2O4/c1-3-9(4-2)13(18)8-16-14(19)11-7-10(15)5-6-12(11)17(20)21/h5-7,9,13,18H,3-4,8H2,1-2H3,(H,16,19). The summed E-state index contributed by atoms with van der Waals surface area (Å²) in [7, 11) is 0. The summed E-state index contributed by atoms with van der Waals surface area (Å²) in [4.78, 5) is 22.3. The Morgan fingerprint density at radius 1 is 1.43 bits per heavy atom. The van der Waals surface area contributed by atoms with Crippen LogP contribution in [0.3, 0.4) is 0 Å². The molecule has 0 aliphatic heterocycles. The zero-order chi connectivity index (χ0) is 16.0. The summed E-state index contributed by atoms with van der Waals surface area (Å²) >= 11 is 5.77. The molecule has 1 aromatic rings. The van der Waals surface area contributed by atoms with Gasteiger partial charge >= 0.3 is 0 Å². The van der Waals surface area contributed by atoms with Crippen molar-refractivity contribution in [3.63, 3.8) is 0 Å². The molecule has 7 heteroatoms. The lowest BCUT2D eigenvalue weighted by Gasteiger charge is -2.20. The lowest BCUT2D eigenvalue weighted by molar-refractivity contribution is -0.385. The van der Waals surface area contributed by atoms with Crippen LogP contribution in [-0.2, 0) is 0 Å². The van der Waals surface area contributed by atoms with Gasteiger partial charge in [-0.05, 0) is 18.1 Å². The van der Waals surface area contributed by atoms with Gasteiger partial charge in [-0.2, -0.15) is 0 Å². The third-order valence-corrected chi connectivity index (χ3v) is 3.70. The molecule has 0 radical (unpaired) electrons. The molecule has 0 aromatic heterocycles. The molecule has 0 bridgehead atoms. The van der Waals surface area contributed by atoms with Crippen LogP contribution in [-0.4, -0.2) is 28.6 Å². The molecule has 1 unspecified atom stereocenters. The number of nitro benzene ring substituents is 1. The number of hydrogen-bond acceptors (Lipinski definition) is 4. The monoisotopic (exact) mass is 314 g/mol. The van der Waals surface area contributed by atoms with Gasteiger partial charge in [0.05, 0.1) is 11.0 Å². The van der Waals surface area contributed by atoms with Crippen molar-refractivity contribution in [2.45, 2.75) is 32.8 Å².